The van der Waals surface area contributed by atoms with Crippen LogP contribution in [0.15, 0.2) is 54.6 Å². The van der Waals surface area contributed by atoms with Crippen LogP contribution in [-0.2, 0) is 9.53 Å². The van der Waals surface area contributed by atoms with Crippen molar-refractivity contribution in [1.29, 1.82) is 0 Å². The van der Waals surface area contributed by atoms with E-state index in [1.807, 2.05) is 40.1 Å². The lowest BCUT2D eigenvalue weighted by molar-refractivity contribution is -0.155. The molecule has 6 nitrogen and oxygen atoms in total. The Bertz CT molecular complexity index is 867. The molecule has 2 heterocycles. The molecular weight excluding hydrogens is 387 g/mol. The molecule has 2 fully saturated rings. The Balaban J connectivity index is 1.29. The van der Waals surface area contributed by atoms with E-state index in [1.165, 1.54) is 12.1 Å². The van der Waals surface area contributed by atoms with Crippen molar-refractivity contribution in [3.05, 3.63) is 66.0 Å². The van der Waals surface area contributed by atoms with E-state index in [4.69, 9.17) is 9.47 Å². The molecule has 0 N–H and O–H groups in total. The predicted octanol–water partition coefficient (Wildman–Crippen LogP) is 2.74. The average Bonchev–Trinajstić information content (AvgIpc) is 2.80. The van der Waals surface area contributed by atoms with Gasteiger partial charge in [-0.2, -0.15) is 0 Å². The number of amides is 2. The number of halogens is 1. The molecule has 1 unspecified atom stereocenters. The number of ether oxygens (including phenoxy) is 2. The van der Waals surface area contributed by atoms with Crippen LogP contribution in [0, 0.1) is 5.82 Å². The van der Waals surface area contributed by atoms with Gasteiger partial charge in [0.15, 0.2) is 0 Å². The largest absolute Gasteiger partial charge is 0.491 e. The summed E-state index contributed by atoms with van der Waals surface area (Å²) >= 11 is 0. The third kappa shape index (κ3) is 4.79. The van der Waals surface area contributed by atoms with Crippen LogP contribution >= 0.6 is 0 Å². The number of likely N-dealkylation sites (tertiary alicyclic amines) is 1. The van der Waals surface area contributed by atoms with Crippen molar-refractivity contribution >= 4 is 11.8 Å². The topological polar surface area (TPSA) is 59.1 Å². The standard InChI is InChI=1S/C23H25FN2O4/c24-18-6-8-20(9-7-18)29-15-21-14-26(22(27)16-30-21)19-10-12-25(13-11-19)23(28)17-4-2-1-3-5-17/h1-9,19,21H,10-16H2. The minimum absolute atomic E-state index is 0.0270. The van der Waals surface area contributed by atoms with Gasteiger partial charge in [0, 0.05) is 24.7 Å². The van der Waals surface area contributed by atoms with E-state index in [2.05, 4.69) is 0 Å². The SMILES string of the molecule is O=C(c1ccccc1)N1CCC(N2CC(COc3ccc(F)cc3)OCC2=O)CC1. The molecule has 158 valence electrons. The first kappa shape index (κ1) is 20.3. The number of benzene rings is 2. The van der Waals surface area contributed by atoms with E-state index in [9.17, 15) is 14.0 Å². The molecule has 2 aliphatic heterocycles. The molecule has 0 saturated carbocycles. The van der Waals surface area contributed by atoms with E-state index < -0.39 is 0 Å². The second-order valence-electron chi connectivity index (χ2n) is 7.63. The van der Waals surface area contributed by atoms with Crippen LogP contribution in [0.2, 0.25) is 0 Å². The summed E-state index contributed by atoms with van der Waals surface area (Å²) < 4.78 is 24.3. The van der Waals surface area contributed by atoms with E-state index in [-0.39, 0.29) is 36.4 Å². The van der Waals surface area contributed by atoms with E-state index >= 15 is 0 Å². The summed E-state index contributed by atoms with van der Waals surface area (Å²) in [7, 11) is 0. The molecule has 1 atom stereocenters. The highest BCUT2D eigenvalue weighted by Crippen LogP contribution is 2.22. The monoisotopic (exact) mass is 412 g/mol. The summed E-state index contributed by atoms with van der Waals surface area (Å²) in [6, 6.07) is 15.2. The third-order valence-corrected chi connectivity index (χ3v) is 5.63. The normalized spacial score (nSPS) is 20.3. The summed E-state index contributed by atoms with van der Waals surface area (Å²) in [5.74, 6) is 0.259. The van der Waals surface area contributed by atoms with Crippen LogP contribution in [0.5, 0.6) is 5.75 Å². The molecule has 0 aliphatic carbocycles. The molecule has 0 spiro atoms. The second-order valence-corrected chi connectivity index (χ2v) is 7.63. The molecule has 30 heavy (non-hydrogen) atoms. The third-order valence-electron chi connectivity index (χ3n) is 5.63. The molecule has 0 aromatic heterocycles. The van der Waals surface area contributed by atoms with Crippen LogP contribution in [0.1, 0.15) is 23.2 Å². The summed E-state index contributed by atoms with van der Waals surface area (Å²) in [6.45, 7) is 2.03. The van der Waals surface area contributed by atoms with Gasteiger partial charge < -0.3 is 19.3 Å². The molecule has 2 aromatic rings. The number of carbonyl (C=O) groups excluding carboxylic acids is 2. The van der Waals surface area contributed by atoms with Crippen molar-refractivity contribution in [2.24, 2.45) is 0 Å². The van der Waals surface area contributed by atoms with Gasteiger partial charge in [-0.15, -0.1) is 0 Å². The van der Waals surface area contributed by atoms with Crippen LogP contribution in [0.25, 0.3) is 0 Å². The maximum Gasteiger partial charge on any atom is 0.253 e. The number of hydrogen-bond acceptors (Lipinski definition) is 4. The Kier molecular flexibility index (Phi) is 6.28. The van der Waals surface area contributed by atoms with Crippen molar-refractivity contribution in [3.8, 4) is 5.75 Å². The fraction of sp³-hybridized carbons (Fsp3) is 0.391. The van der Waals surface area contributed by atoms with E-state index in [1.54, 1.807) is 12.1 Å². The van der Waals surface area contributed by atoms with Crippen molar-refractivity contribution < 1.29 is 23.5 Å². The van der Waals surface area contributed by atoms with Crippen molar-refractivity contribution in [1.82, 2.24) is 9.80 Å². The molecule has 0 radical (unpaired) electrons. The van der Waals surface area contributed by atoms with Gasteiger partial charge in [0.2, 0.25) is 5.91 Å². The van der Waals surface area contributed by atoms with Gasteiger partial charge >= 0.3 is 0 Å². The van der Waals surface area contributed by atoms with Crippen molar-refractivity contribution in [2.75, 3.05) is 32.8 Å². The smallest absolute Gasteiger partial charge is 0.253 e. The Morgan fingerprint density at radius 3 is 2.47 bits per heavy atom. The summed E-state index contributed by atoms with van der Waals surface area (Å²) in [4.78, 5) is 28.8. The first-order valence-corrected chi connectivity index (χ1v) is 10.2. The number of piperidine rings is 1. The molecule has 2 saturated heterocycles. The average molecular weight is 412 g/mol. The summed E-state index contributed by atoms with van der Waals surface area (Å²) in [5, 5.41) is 0. The highest BCUT2D eigenvalue weighted by molar-refractivity contribution is 5.94. The Morgan fingerprint density at radius 1 is 1.07 bits per heavy atom. The minimum atomic E-state index is -0.315. The maximum absolute atomic E-state index is 13.0. The van der Waals surface area contributed by atoms with Crippen LogP contribution < -0.4 is 4.74 Å². The van der Waals surface area contributed by atoms with Crippen LogP contribution in [0.4, 0.5) is 4.39 Å². The zero-order valence-electron chi connectivity index (χ0n) is 16.7. The molecule has 7 heteroatoms. The zero-order valence-corrected chi connectivity index (χ0v) is 16.7. The molecule has 2 aromatic carbocycles. The predicted molar refractivity (Wildman–Crippen MR) is 109 cm³/mol. The number of hydrogen-bond donors (Lipinski definition) is 0. The fourth-order valence-electron chi connectivity index (χ4n) is 3.96. The lowest BCUT2D eigenvalue weighted by Gasteiger charge is -2.42. The molecular formula is C23H25FN2O4. The molecule has 2 amide bonds. The minimum Gasteiger partial charge on any atom is -0.491 e. The summed E-state index contributed by atoms with van der Waals surface area (Å²) in [5.41, 5.74) is 0.691. The molecule has 0 bridgehead atoms. The Hall–Kier alpha value is -2.93. The van der Waals surface area contributed by atoms with Gasteiger partial charge in [0.25, 0.3) is 5.91 Å². The van der Waals surface area contributed by atoms with Crippen LogP contribution in [-0.4, -0.2) is 66.6 Å². The summed E-state index contributed by atoms with van der Waals surface area (Å²) in [6.07, 6.45) is 1.25. The molecule has 4 rings (SSSR count). The van der Waals surface area contributed by atoms with Gasteiger partial charge in [0.05, 0.1) is 6.54 Å². The van der Waals surface area contributed by atoms with Crippen molar-refractivity contribution in [3.63, 3.8) is 0 Å². The van der Waals surface area contributed by atoms with E-state index in [0.29, 0.717) is 37.6 Å². The van der Waals surface area contributed by atoms with Gasteiger partial charge in [-0.25, -0.2) is 4.39 Å². The van der Waals surface area contributed by atoms with Crippen LogP contribution in [0.3, 0.4) is 0 Å². The van der Waals surface area contributed by atoms with Crippen molar-refractivity contribution in [2.45, 2.75) is 25.0 Å². The number of rotatable bonds is 5. The number of carbonyl (C=O) groups is 2. The first-order chi connectivity index (χ1) is 14.6. The second kappa shape index (κ2) is 9.26. The lowest BCUT2D eigenvalue weighted by Crippen LogP contribution is -2.55. The highest BCUT2D eigenvalue weighted by atomic mass is 19.1. The lowest BCUT2D eigenvalue weighted by atomic mass is 10.0. The quantitative estimate of drug-likeness (QED) is 0.758. The van der Waals surface area contributed by atoms with Gasteiger partial charge in [0.1, 0.15) is 30.9 Å². The van der Waals surface area contributed by atoms with Gasteiger partial charge in [-0.1, -0.05) is 18.2 Å². The highest BCUT2D eigenvalue weighted by Gasteiger charge is 2.34. The number of morpholine rings is 1. The number of nitrogens with zero attached hydrogens (tertiary/aromatic N) is 2. The Morgan fingerprint density at radius 2 is 1.77 bits per heavy atom. The zero-order chi connectivity index (χ0) is 20.9. The van der Waals surface area contributed by atoms with E-state index in [0.717, 1.165) is 12.8 Å². The maximum atomic E-state index is 13.0. The fourth-order valence-corrected chi connectivity index (χ4v) is 3.96. The van der Waals surface area contributed by atoms with Gasteiger partial charge in [-0.3, -0.25) is 9.59 Å². The molecule has 2 aliphatic rings. The van der Waals surface area contributed by atoms with Gasteiger partial charge in [-0.05, 0) is 49.2 Å². The first-order valence-electron chi connectivity index (χ1n) is 10.2. The Labute approximate surface area is 175 Å².